The minimum atomic E-state index is -5.00. The van der Waals surface area contributed by atoms with Gasteiger partial charge in [-0.15, -0.1) is 0 Å². The lowest BCUT2D eigenvalue weighted by Gasteiger charge is -2.21. The number of carbonyl (C=O) groups is 4. The molecule has 19 heteroatoms. The molecular weight excluding hydrogens is 1350 g/mol. The van der Waals surface area contributed by atoms with Gasteiger partial charge in [-0.05, 0) is 135 Å². The number of rotatable bonds is 75. The van der Waals surface area contributed by atoms with E-state index in [9.17, 15) is 43.2 Å². The van der Waals surface area contributed by atoms with Crippen molar-refractivity contribution in [1.29, 1.82) is 0 Å². The summed E-state index contributed by atoms with van der Waals surface area (Å²) >= 11 is 0. The van der Waals surface area contributed by atoms with Crippen LogP contribution in [0.15, 0.2) is 134 Å². The van der Waals surface area contributed by atoms with Gasteiger partial charge in [0.1, 0.15) is 19.3 Å². The van der Waals surface area contributed by atoms with Crippen LogP contribution in [0.1, 0.15) is 323 Å². The molecule has 0 aliphatic rings. The van der Waals surface area contributed by atoms with Crippen LogP contribution in [0.5, 0.6) is 0 Å². The van der Waals surface area contributed by atoms with Gasteiger partial charge in [0.25, 0.3) is 0 Å². The third-order valence-electron chi connectivity index (χ3n) is 16.6. The summed E-state index contributed by atoms with van der Waals surface area (Å²) in [5.74, 6) is -2.28. The van der Waals surface area contributed by atoms with Crippen molar-refractivity contribution in [3.05, 3.63) is 134 Å². The van der Waals surface area contributed by atoms with Crippen LogP contribution < -0.4 is 0 Å². The fourth-order valence-electron chi connectivity index (χ4n) is 10.5. The minimum absolute atomic E-state index is 0.00548. The minimum Gasteiger partial charge on any atom is -0.462 e. The van der Waals surface area contributed by atoms with Crippen molar-refractivity contribution in [2.45, 2.75) is 341 Å². The highest BCUT2D eigenvalue weighted by Gasteiger charge is 2.30. The quantitative estimate of drug-likeness (QED) is 0.0169. The van der Waals surface area contributed by atoms with Gasteiger partial charge in [-0.2, -0.15) is 0 Å². The topological polar surface area (TPSA) is 237 Å². The van der Waals surface area contributed by atoms with Crippen LogP contribution in [0.3, 0.4) is 0 Å². The van der Waals surface area contributed by atoms with Crippen molar-refractivity contribution in [2.75, 3.05) is 39.6 Å². The fourth-order valence-corrected chi connectivity index (χ4v) is 12.1. The van der Waals surface area contributed by atoms with Crippen molar-refractivity contribution in [2.24, 2.45) is 0 Å². The predicted octanol–water partition coefficient (Wildman–Crippen LogP) is 23.7. The van der Waals surface area contributed by atoms with E-state index in [2.05, 4.69) is 149 Å². The summed E-state index contributed by atoms with van der Waals surface area (Å²) in [5.41, 5.74) is 0. The summed E-state index contributed by atoms with van der Waals surface area (Å²) in [6.07, 6.45) is 85.8. The summed E-state index contributed by atoms with van der Waals surface area (Å²) in [6.45, 7) is 4.54. The SMILES string of the molecule is CC/C=C\C/C=C\C/C=C\C/C=C\C/C=C\CCCCCC(=O)OCC(COP(=O)(O)OCC(O)COP(=O)(O)OCC(COC(=O)CCCCCCCCCCCCCCCCC)OC(=O)CCCCCCC/C=C\CCCCCC)OC(=O)CCC/C=C\C/C=C\C/C=C\C/C=C\C/C=C\CC. The molecule has 0 amide bonds. The number of carbonyl (C=O) groups excluding carboxylic acids is 4. The van der Waals surface area contributed by atoms with E-state index in [1.54, 1.807) is 0 Å². The van der Waals surface area contributed by atoms with Crippen LogP contribution in [0, 0.1) is 0 Å². The average molecular weight is 1500 g/mol. The smallest absolute Gasteiger partial charge is 0.462 e. The molecule has 0 aromatic heterocycles. The number of aliphatic hydroxyl groups is 1. The lowest BCUT2D eigenvalue weighted by atomic mass is 10.0. The molecule has 0 aliphatic carbocycles. The zero-order chi connectivity index (χ0) is 76.0. The van der Waals surface area contributed by atoms with Crippen molar-refractivity contribution >= 4 is 39.5 Å². The van der Waals surface area contributed by atoms with Crippen LogP contribution in [0.4, 0.5) is 0 Å². The second kappa shape index (κ2) is 76.4. The molecule has 0 aliphatic heterocycles. The summed E-state index contributed by atoms with van der Waals surface area (Å²) < 4.78 is 68.5. The number of esters is 4. The molecule has 5 unspecified atom stereocenters. The second-order valence-electron chi connectivity index (χ2n) is 26.6. The van der Waals surface area contributed by atoms with Crippen LogP contribution >= 0.6 is 15.6 Å². The van der Waals surface area contributed by atoms with Gasteiger partial charge in [0.15, 0.2) is 12.2 Å². The summed E-state index contributed by atoms with van der Waals surface area (Å²) in [4.78, 5) is 73.0. The number of ether oxygens (including phenoxy) is 4. The highest BCUT2D eigenvalue weighted by molar-refractivity contribution is 7.47. The maximum atomic E-state index is 13.1. The van der Waals surface area contributed by atoms with Gasteiger partial charge < -0.3 is 33.8 Å². The highest BCUT2D eigenvalue weighted by atomic mass is 31.2. The van der Waals surface area contributed by atoms with Crippen molar-refractivity contribution in [3.63, 3.8) is 0 Å². The molecule has 0 radical (unpaired) electrons. The number of hydrogen-bond acceptors (Lipinski definition) is 15. The Labute approximate surface area is 631 Å². The molecule has 3 N–H and O–H groups in total. The number of aliphatic hydroxyl groups excluding tert-OH is 1. The van der Waals surface area contributed by atoms with Gasteiger partial charge in [0.2, 0.25) is 0 Å². The Morgan fingerprint density at radius 2 is 0.510 bits per heavy atom. The standard InChI is InChI=1S/C85H144O17P2/c1-5-9-13-17-21-25-29-33-36-38-39-41-43-47-50-54-58-62-66-70-83(88)96-76-81(102-85(90)72-68-64-60-56-52-48-44-40-37-34-30-26-22-18-14-10-6-2)78-100-104(93,94)98-74-79(86)73-97-103(91,92)99-77-80(101-84(89)71-67-63-59-55-51-45-32-28-24-20-16-12-8-4)75-95-82(87)69-65-61-57-53-49-46-42-35-31-27-23-19-15-11-7-3/h9-10,13-14,21-22,25-26,28,32-34,36-37,39,41,44,47-48,50,56,60,79-81,86H,5-8,11-12,15-20,23-24,27,29-31,35,38,40,42-43,45-46,49,51-55,57-59,61-78H2,1-4H3,(H,91,92)(H,93,94)/b13-9-,14-10-,25-21-,26-22-,32-28-,36-33-,37-34-,41-39-,48-44-,50-47-,60-56-. The van der Waals surface area contributed by atoms with Gasteiger partial charge in [0, 0.05) is 25.7 Å². The molecular formula is C85H144O17P2. The van der Waals surface area contributed by atoms with E-state index in [0.29, 0.717) is 32.1 Å². The summed E-state index contributed by atoms with van der Waals surface area (Å²) in [5, 5.41) is 10.6. The Kier molecular flexibility index (Phi) is 72.9. The molecule has 104 heavy (non-hydrogen) atoms. The Bertz CT molecular complexity index is 2490. The number of phosphoric ester groups is 2. The van der Waals surface area contributed by atoms with Gasteiger partial charge in [-0.25, -0.2) is 9.13 Å². The van der Waals surface area contributed by atoms with Crippen LogP contribution in [0.2, 0.25) is 0 Å². The molecule has 0 aromatic rings. The van der Waals surface area contributed by atoms with Crippen LogP contribution in [-0.4, -0.2) is 96.7 Å². The molecule has 0 saturated carbocycles. The normalized spacial score (nSPS) is 14.6. The summed E-state index contributed by atoms with van der Waals surface area (Å²) in [6, 6.07) is 0. The zero-order valence-corrected chi connectivity index (χ0v) is 66.9. The molecule has 17 nitrogen and oxygen atoms in total. The monoisotopic (exact) mass is 1500 g/mol. The van der Waals surface area contributed by atoms with Gasteiger partial charge >= 0.3 is 39.5 Å². The Hall–Kier alpha value is -4.80. The largest absolute Gasteiger partial charge is 0.472 e. The predicted molar refractivity (Wildman–Crippen MR) is 427 cm³/mol. The van der Waals surface area contributed by atoms with E-state index in [1.807, 2.05) is 12.2 Å². The Morgan fingerprint density at radius 1 is 0.279 bits per heavy atom. The first-order chi connectivity index (χ1) is 50.7. The molecule has 0 saturated heterocycles. The zero-order valence-electron chi connectivity index (χ0n) is 65.2. The van der Waals surface area contributed by atoms with E-state index in [0.717, 1.165) is 141 Å². The first-order valence-electron chi connectivity index (χ1n) is 40.4. The average Bonchev–Trinajstić information content (AvgIpc) is 0.911. The van der Waals surface area contributed by atoms with E-state index >= 15 is 0 Å². The van der Waals surface area contributed by atoms with Crippen molar-refractivity contribution < 1.29 is 80.2 Å². The molecule has 0 rings (SSSR count). The lowest BCUT2D eigenvalue weighted by Crippen LogP contribution is -2.30. The number of allylic oxidation sites excluding steroid dienone is 22. The number of hydrogen-bond donors (Lipinski definition) is 3. The van der Waals surface area contributed by atoms with E-state index < -0.39 is 97.5 Å². The van der Waals surface area contributed by atoms with Gasteiger partial charge in [-0.1, -0.05) is 296 Å². The van der Waals surface area contributed by atoms with Crippen molar-refractivity contribution in [1.82, 2.24) is 0 Å². The van der Waals surface area contributed by atoms with Crippen LogP contribution in [-0.2, 0) is 65.4 Å². The maximum Gasteiger partial charge on any atom is 0.472 e. The van der Waals surface area contributed by atoms with E-state index in [4.69, 9.17) is 37.0 Å². The molecule has 0 bridgehead atoms. The third kappa shape index (κ3) is 75.4. The van der Waals surface area contributed by atoms with Gasteiger partial charge in [-0.3, -0.25) is 37.3 Å². The van der Waals surface area contributed by atoms with Crippen LogP contribution in [0.25, 0.3) is 0 Å². The molecule has 0 fully saturated rings. The molecule has 596 valence electrons. The highest BCUT2D eigenvalue weighted by Crippen LogP contribution is 2.45. The second-order valence-corrected chi connectivity index (χ2v) is 29.5. The molecule has 0 aromatic carbocycles. The maximum absolute atomic E-state index is 13.1. The fraction of sp³-hybridized carbons (Fsp3) is 0.694. The molecule has 0 spiro atoms. The van der Waals surface area contributed by atoms with Crippen molar-refractivity contribution in [3.8, 4) is 0 Å². The third-order valence-corrected chi connectivity index (χ3v) is 18.5. The lowest BCUT2D eigenvalue weighted by molar-refractivity contribution is -0.161. The Morgan fingerprint density at radius 3 is 0.837 bits per heavy atom. The number of phosphoric acid groups is 2. The van der Waals surface area contributed by atoms with Gasteiger partial charge in [0.05, 0.1) is 26.4 Å². The summed E-state index contributed by atoms with van der Waals surface area (Å²) in [7, 11) is -9.99. The first kappa shape index (κ1) is 99.2. The van der Waals surface area contributed by atoms with E-state index in [-0.39, 0.29) is 25.7 Å². The molecule has 5 atom stereocenters. The van der Waals surface area contributed by atoms with E-state index in [1.165, 1.54) is 96.3 Å². The Balaban J connectivity index is 5.44. The number of unbranched alkanes of at least 4 members (excludes halogenated alkanes) is 27. The molecule has 0 heterocycles. The first-order valence-corrected chi connectivity index (χ1v) is 43.4.